The van der Waals surface area contributed by atoms with Gasteiger partial charge in [0, 0.05) is 31.1 Å². The minimum absolute atomic E-state index is 0. The van der Waals surface area contributed by atoms with Gasteiger partial charge in [-0.1, -0.05) is 24.1 Å². The highest BCUT2D eigenvalue weighted by Gasteiger charge is 2.11. The minimum Gasteiger partial charge on any atom is -0.494 e. The Bertz CT molecular complexity index is 822. The number of hydrogen-bond donors (Lipinski definition) is 2. The summed E-state index contributed by atoms with van der Waals surface area (Å²) in [4.78, 5) is 4.57. The van der Waals surface area contributed by atoms with E-state index in [4.69, 9.17) is 20.6 Å². The van der Waals surface area contributed by atoms with E-state index in [0.717, 1.165) is 35.8 Å². The fourth-order valence-electron chi connectivity index (χ4n) is 2.61. The molecule has 0 bridgehead atoms. The molecule has 0 aromatic heterocycles. The van der Waals surface area contributed by atoms with E-state index >= 15 is 0 Å². The monoisotopic (exact) mass is 507 g/mol. The molecule has 0 saturated carbocycles. The Balaban J connectivity index is 0.00000300. The van der Waals surface area contributed by atoms with Gasteiger partial charge in [0.25, 0.3) is 0 Å². The smallest absolute Gasteiger partial charge is 0.196 e. The second-order valence-corrected chi connectivity index (χ2v) is 6.14. The lowest BCUT2D eigenvalue weighted by Gasteiger charge is -2.13. The second kappa shape index (κ2) is 12.8. The van der Waals surface area contributed by atoms with Crippen LogP contribution in [0.1, 0.15) is 12.8 Å². The van der Waals surface area contributed by atoms with Crippen LogP contribution in [-0.4, -0.2) is 38.9 Å². The van der Waals surface area contributed by atoms with Crippen molar-refractivity contribution in [3.8, 4) is 29.6 Å². The molecule has 154 valence electrons. The number of nitrogens with zero attached hydrogens (tertiary/aromatic N) is 1. The van der Waals surface area contributed by atoms with Gasteiger partial charge in [-0.15, -0.1) is 30.4 Å². The standard InChI is InChI=1S/C22H25N3O3.HI/c1-2-12-23-22(24-13-6-14-26-19-8-4-3-5-9-19)25-18-10-11-20-21(17-18)28-16-7-15-27-20;/h1,3-5,8-11,17H,6-7,12-16H2,(H2,23,24,25);1H. The molecule has 6 nitrogen and oxygen atoms in total. The third-order valence-electron chi connectivity index (χ3n) is 3.95. The molecular formula is C22H26IN3O3. The molecular weight excluding hydrogens is 481 g/mol. The third-order valence-corrected chi connectivity index (χ3v) is 3.95. The van der Waals surface area contributed by atoms with Crippen molar-refractivity contribution in [2.75, 3.05) is 38.2 Å². The first-order chi connectivity index (χ1) is 13.8. The van der Waals surface area contributed by atoms with Crippen molar-refractivity contribution < 1.29 is 14.2 Å². The van der Waals surface area contributed by atoms with Crippen LogP contribution in [0.4, 0.5) is 5.69 Å². The summed E-state index contributed by atoms with van der Waals surface area (Å²) in [5.74, 6) is 5.54. The molecule has 0 saturated heterocycles. The van der Waals surface area contributed by atoms with Gasteiger partial charge in [0.2, 0.25) is 0 Å². The Morgan fingerprint density at radius 1 is 1.10 bits per heavy atom. The van der Waals surface area contributed by atoms with Crippen molar-refractivity contribution in [3.63, 3.8) is 0 Å². The van der Waals surface area contributed by atoms with Gasteiger partial charge in [0.15, 0.2) is 17.5 Å². The molecule has 0 fully saturated rings. The Hall–Kier alpha value is -2.60. The number of ether oxygens (including phenoxy) is 3. The quantitative estimate of drug-likeness (QED) is 0.196. The summed E-state index contributed by atoms with van der Waals surface area (Å²) in [6.45, 7) is 2.91. The normalized spacial score (nSPS) is 12.7. The van der Waals surface area contributed by atoms with Crippen molar-refractivity contribution in [1.29, 1.82) is 0 Å². The van der Waals surface area contributed by atoms with E-state index in [9.17, 15) is 0 Å². The maximum Gasteiger partial charge on any atom is 0.196 e. The average Bonchev–Trinajstić information content (AvgIpc) is 2.97. The van der Waals surface area contributed by atoms with Gasteiger partial charge in [-0.3, -0.25) is 4.99 Å². The van der Waals surface area contributed by atoms with Crippen molar-refractivity contribution >= 4 is 35.6 Å². The highest BCUT2D eigenvalue weighted by atomic mass is 127. The lowest BCUT2D eigenvalue weighted by Crippen LogP contribution is -2.31. The summed E-state index contributed by atoms with van der Waals surface area (Å²) in [7, 11) is 0. The summed E-state index contributed by atoms with van der Waals surface area (Å²) in [5, 5.41) is 6.37. The predicted molar refractivity (Wildman–Crippen MR) is 127 cm³/mol. The Labute approximate surface area is 189 Å². The fourth-order valence-corrected chi connectivity index (χ4v) is 2.61. The van der Waals surface area contributed by atoms with Gasteiger partial charge < -0.3 is 24.8 Å². The van der Waals surface area contributed by atoms with Crippen LogP contribution in [0.15, 0.2) is 53.5 Å². The third kappa shape index (κ3) is 7.74. The summed E-state index contributed by atoms with van der Waals surface area (Å²) in [5.41, 5.74) is 0.855. The number of aliphatic imine (C=N–C) groups is 1. The number of nitrogens with one attached hydrogen (secondary N) is 2. The summed E-state index contributed by atoms with van der Waals surface area (Å²) < 4.78 is 17.1. The highest BCUT2D eigenvalue weighted by Crippen LogP contribution is 2.32. The summed E-state index contributed by atoms with van der Waals surface area (Å²) >= 11 is 0. The first kappa shape index (κ1) is 22.7. The SMILES string of the molecule is C#CCNC(=NCCCOc1ccccc1)Nc1ccc2c(c1)OCCCO2.I. The molecule has 0 atom stereocenters. The zero-order valence-electron chi connectivity index (χ0n) is 16.2. The fraction of sp³-hybridized carbons (Fsp3) is 0.318. The van der Waals surface area contributed by atoms with Crippen molar-refractivity contribution in [3.05, 3.63) is 48.5 Å². The molecule has 0 radical (unpaired) electrons. The van der Waals surface area contributed by atoms with Crippen LogP contribution in [0.5, 0.6) is 17.2 Å². The number of guanidine groups is 1. The van der Waals surface area contributed by atoms with Crippen LogP contribution in [0, 0.1) is 12.3 Å². The van der Waals surface area contributed by atoms with Gasteiger partial charge in [0.05, 0.1) is 26.4 Å². The second-order valence-electron chi connectivity index (χ2n) is 6.14. The van der Waals surface area contributed by atoms with Crippen molar-refractivity contribution in [2.45, 2.75) is 12.8 Å². The number of hydrogen-bond acceptors (Lipinski definition) is 4. The van der Waals surface area contributed by atoms with E-state index < -0.39 is 0 Å². The number of anilines is 1. The van der Waals surface area contributed by atoms with Gasteiger partial charge >= 0.3 is 0 Å². The molecule has 0 spiro atoms. The van der Waals surface area contributed by atoms with Gasteiger partial charge in [0.1, 0.15) is 5.75 Å². The molecule has 1 aliphatic rings. The molecule has 29 heavy (non-hydrogen) atoms. The van der Waals surface area contributed by atoms with Crippen LogP contribution >= 0.6 is 24.0 Å². The molecule has 0 aliphatic carbocycles. The summed E-state index contributed by atoms with van der Waals surface area (Å²) in [6, 6.07) is 15.5. The molecule has 1 heterocycles. The van der Waals surface area contributed by atoms with Crippen LogP contribution < -0.4 is 24.8 Å². The summed E-state index contributed by atoms with van der Waals surface area (Å²) in [6.07, 6.45) is 7.03. The number of para-hydroxylation sites is 1. The zero-order valence-corrected chi connectivity index (χ0v) is 18.6. The van der Waals surface area contributed by atoms with Gasteiger partial charge in [-0.05, 0) is 24.3 Å². The van der Waals surface area contributed by atoms with E-state index in [-0.39, 0.29) is 24.0 Å². The van der Waals surface area contributed by atoms with Gasteiger partial charge in [-0.25, -0.2) is 0 Å². The lowest BCUT2D eigenvalue weighted by atomic mass is 10.3. The number of terminal acetylenes is 1. The van der Waals surface area contributed by atoms with E-state index in [1.165, 1.54) is 0 Å². The maximum absolute atomic E-state index is 5.73. The van der Waals surface area contributed by atoms with Crippen molar-refractivity contribution in [2.24, 2.45) is 4.99 Å². The molecule has 7 heteroatoms. The molecule has 2 aromatic carbocycles. The molecule has 1 aliphatic heterocycles. The number of halogens is 1. The van der Waals surface area contributed by atoms with E-state index in [1.807, 2.05) is 48.5 Å². The first-order valence-corrected chi connectivity index (χ1v) is 9.41. The number of benzene rings is 2. The Morgan fingerprint density at radius 3 is 2.69 bits per heavy atom. The van der Waals surface area contributed by atoms with Crippen LogP contribution in [-0.2, 0) is 0 Å². The average molecular weight is 507 g/mol. The van der Waals surface area contributed by atoms with Crippen molar-refractivity contribution in [1.82, 2.24) is 5.32 Å². The topological polar surface area (TPSA) is 64.1 Å². The zero-order chi connectivity index (χ0) is 19.4. The largest absolute Gasteiger partial charge is 0.494 e. The van der Waals surface area contributed by atoms with Crippen LogP contribution in [0.25, 0.3) is 0 Å². The molecule has 2 N–H and O–H groups in total. The lowest BCUT2D eigenvalue weighted by molar-refractivity contribution is 0.297. The maximum atomic E-state index is 5.73. The predicted octanol–water partition coefficient (Wildman–Crippen LogP) is 3.93. The minimum atomic E-state index is 0. The van der Waals surface area contributed by atoms with E-state index in [2.05, 4.69) is 21.5 Å². The van der Waals surface area contributed by atoms with Crippen LogP contribution in [0.2, 0.25) is 0 Å². The van der Waals surface area contributed by atoms with Gasteiger partial charge in [-0.2, -0.15) is 0 Å². The highest BCUT2D eigenvalue weighted by molar-refractivity contribution is 14.0. The van der Waals surface area contributed by atoms with E-state index in [1.54, 1.807) is 0 Å². The first-order valence-electron chi connectivity index (χ1n) is 9.41. The molecule has 0 unspecified atom stereocenters. The van der Waals surface area contributed by atoms with Crippen LogP contribution in [0.3, 0.4) is 0 Å². The number of fused-ring (bicyclic) bond motifs is 1. The van der Waals surface area contributed by atoms with E-state index in [0.29, 0.717) is 38.9 Å². The molecule has 3 rings (SSSR count). The number of rotatable bonds is 7. The Morgan fingerprint density at radius 2 is 1.90 bits per heavy atom. The Kier molecular flexibility index (Phi) is 10.00. The molecule has 2 aromatic rings. The molecule has 0 amide bonds.